The summed E-state index contributed by atoms with van der Waals surface area (Å²) in [7, 11) is 0. The van der Waals surface area contributed by atoms with Crippen molar-refractivity contribution in [3.05, 3.63) is 35.9 Å². The van der Waals surface area contributed by atoms with Gasteiger partial charge in [0.2, 0.25) is 0 Å². The lowest BCUT2D eigenvalue weighted by atomic mass is 9.95. The average Bonchev–Trinajstić information content (AvgIpc) is 3.02. The molecule has 0 radical (unpaired) electrons. The molecule has 2 aliphatic rings. The van der Waals surface area contributed by atoms with Crippen LogP contribution in [0.15, 0.2) is 40.3 Å². The van der Waals surface area contributed by atoms with Crippen LogP contribution in [0.1, 0.15) is 44.1 Å². The van der Waals surface area contributed by atoms with Gasteiger partial charge in [-0.25, -0.2) is 0 Å². The molecule has 0 spiro atoms. The topological polar surface area (TPSA) is 34.0 Å². The summed E-state index contributed by atoms with van der Waals surface area (Å²) in [6.45, 7) is 1.52. The number of aliphatic imine (C=N–C) groups is 2. The van der Waals surface area contributed by atoms with Gasteiger partial charge >= 0.3 is 0 Å². The van der Waals surface area contributed by atoms with E-state index in [0.717, 1.165) is 31.2 Å². The van der Waals surface area contributed by atoms with E-state index in [0.29, 0.717) is 6.04 Å². The number of hydrogen-bond acceptors (Lipinski definition) is 3. The molecule has 1 fully saturated rings. The maximum absolute atomic E-state index is 5.56. The van der Waals surface area contributed by atoms with Gasteiger partial charge in [0.25, 0.3) is 0 Å². The van der Waals surface area contributed by atoms with Crippen LogP contribution in [0.2, 0.25) is 0 Å². The third-order valence-corrected chi connectivity index (χ3v) is 3.99. The summed E-state index contributed by atoms with van der Waals surface area (Å²) in [6.07, 6.45) is 7.18. The van der Waals surface area contributed by atoms with Gasteiger partial charge in [-0.1, -0.05) is 49.6 Å². The summed E-state index contributed by atoms with van der Waals surface area (Å²) in [5.41, 5.74) is 2.34. The molecule has 1 saturated carbocycles. The van der Waals surface area contributed by atoms with Crippen LogP contribution < -0.4 is 0 Å². The zero-order valence-corrected chi connectivity index (χ0v) is 11.9. The van der Waals surface area contributed by atoms with Crippen molar-refractivity contribution >= 4 is 11.6 Å². The molecule has 0 unspecified atom stereocenters. The second kappa shape index (κ2) is 6.69. The van der Waals surface area contributed by atoms with Crippen LogP contribution in [0.4, 0.5) is 0 Å². The van der Waals surface area contributed by atoms with Crippen LogP contribution in [0, 0.1) is 0 Å². The van der Waals surface area contributed by atoms with Crippen molar-refractivity contribution in [3.8, 4) is 0 Å². The SMILES string of the molecule is c1ccc(C(CC2=NCCO2)=NC2CCCCC2)cc1. The first kappa shape index (κ1) is 13.3. The largest absolute Gasteiger partial charge is 0.479 e. The molecule has 0 atom stereocenters. The Hall–Kier alpha value is -1.64. The van der Waals surface area contributed by atoms with Crippen molar-refractivity contribution in [1.82, 2.24) is 0 Å². The van der Waals surface area contributed by atoms with E-state index in [4.69, 9.17) is 9.73 Å². The molecule has 1 aliphatic carbocycles. The molecule has 3 rings (SSSR count). The highest BCUT2D eigenvalue weighted by Gasteiger charge is 2.17. The Morgan fingerprint density at radius 3 is 2.65 bits per heavy atom. The van der Waals surface area contributed by atoms with Crippen LogP contribution in [-0.4, -0.2) is 30.8 Å². The molecule has 20 heavy (non-hydrogen) atoms. The number of nitrogens with zero attached hydrogens (tertiary/aromatic N) is 2. The Morgan fingerprint density at radius 2 is 1.95 bits per heavy atom. The summed E-state index contributed by atoms with van der Waals surface area (Å²) in [4.78, 5) is 9.43. The summed E-state index contributed by atoms with van der Waals surface area (Å²) in [5.74, 6) is 0.850. The molecule has 1 aromatic carbocycles. The molecule has 1 heterocycles. The highest BCUT2D eigenvalue weighted by Crippen LogP contribution is 2.22. The summed E-state index contributed by atoms with van der Waals surface area (Å²) < 4.78 is 5.56. The van der Waals surface area contributed by atoms with E-state index in [1.165, 1.54) is 37.7 Å². The van der Waals surface area contributed by atoms with Crippen LogP contribution in [-0.2, 0) is 4.74 Å². The van der Waals surface area contributed by atoms with Crippen molar-refractivity contribution in [3.63, 3.8) is 0 Å². The number of benzene rings is 1. The van der Waals surface area contributed by atoms with Gasteiger partial charge in [0, 0.05) is 0 Å². The maximum atomic E-state index is 5.56. The minimum atomic E-state index is 0.487. The molecular formula is C17H22N2O. The van der Waals surface area contributed by atoms with Gasteiger partial charge in [0.1, 0.15) is 6.61 Å². The van der Waals surface area contributed by atoms with E-state index < -0.39 is 0 Å². The molecular weight excluding hydrogens is 248 g/mol. The van der Waals surface area contributed by atoms with Gasteiger partial charge in [0.15, 0.2) is 5.90 Å². The van der Waals surface area contributed by atoms with Crippen molar-refractivity contribution in [2.45, 2.75) is 44.6 Å². The van der Waals surface area contributed by atoms with Gasteiger partial charge in [-0.15, -0.1) is 0 Å². The van der Waals surface area contributed by atoms with Crippen molar-refractivity contribution < 1.29 is 4.74 Å². The van der Waals surface area contributed by atoms with Crippen molar-refractivity contribution in [2.24, 2.45) is 9.98 Å². The maximum Gasteiger partial charge on any atom is 0.189 e. The Labute approximate surface area is 120 Å². The zero-order chi connectivity index (χ0) is 13.6. The van der Waals surface area contributed by atoms with E-state index in [1.807, 2.05) is 6.07 Å². The summed E-state index contributed by atoms with van der Waals surface area (Å²) >= 11 is 0. The standard InChI is InChI=1S/C17H22N2O/c1-3-7-14(8-4-1)16(13-17-18-11-12-20-17)19-15-9-5-2-6-10-15/h1,3-4,7-8,15H,2,5-6,9-13H2. The molecule has 3 nitrogen and oxygen atoms in total. The van der Waals surface area contributed by atoms with E-state index in [-0.39, 0.29) is 0 Å². The third kappa shape index (κ3) is 3.47. The third-order valence-electron chi connectivity index (χ3n) is 3.99. The molecule has 106 valence electrons. The van der Waals surface area contributed by atoms with E-state index in [1.54, 1.807) is 0 Å². The smallest absolute Gasteiger partial charge is 0.189 e. The molecule has 1 aliphatic heterocycles. The van der Waals surface area contributed by atoms with Gasteiger partial charge in [-0.3, -0.25) is 9.98 Å². The molecule has 3 heteroatoms. The van der Waals surface area contributed by atoms with Gasteiger partial charge in [-0.05, 0) is 18.4 Å². The Balaban J connectivity index is 1.80. The van der Waals surface area contributed by atoms with Gasteiger partial charge in [0.05, 0.1) is 24.7 Å². The predicted octanol–water partition coefficient (Wildman–Crippen LogP) is 3.63. The highest BCUT2D eigenvalue weighted by atomic mass is 16.5. The lowest BCUT2D eigenvalue weighted by Gasteiger charge is -2.19. The normalized spacial score (nSPS) is 20.6. The Bertz CT molecular complexity index is 487. The fourth-order valence-corrected chi connectivity index (χ4v) is 2.91. The zero-order valence-electron chi connectivity index (χ0n) is 11.9. The number of rotatable bonds is 4. The van der Waals surface area contributed by atoms with Crippen LogP contribution in [0.25, 0.3) is 0 Å². The Kier molecular flexibility index (Phi) is 4.46. The van der Waals surface area contributed by atoms with Crippen molar-refractivity contribution in [2.75, 3.05) is 13.2 Å². The minimum Gasteiger partial charge on any atom is -0.479 e. The number of hydrogen-bond donors (Lipinski definition) is 0. The molecule has 0 N–H and O–H groups in total. The molecule has 0 aromatic heterocycles. The fourth-order valence-electron chi connectivity index (χ4n) is 2.91. The van der Waals surface area contributed by atoms with Crippen molar-refractivity contribution in [1.29, 1.82) is 0 Å². The minimum absolute atomic E-state index is 0.487. The monoisotopic (exact) mass is 270 g/mol. The molecule has 0 saturated heterocycles. The van der Waals surface area contributed by atoms with E-state index in [2.05, 4.69) is 29.3 Å². The van der Waals surface area contributed by atoms with Crippen LogP contribution in [0.3, 0.4) is 0 Å². The summed E-state index contributed by atoms with van der Waals surface area (Å²) in [5, 5.41) is 0. The van der Waals surface area contributed by atoms with Gasteiger partial charge in [-0.2, -0.15) is 0 Å². The lowest BCUT2D eigenvalue weighted by molar-refractivity contribution is 0.342. The van der Waals surface area contributed by atoms with Crippen LogP contribution in [0.5, 0.6) is 0 Å². The quantitative estimate of drug-likeness (QED) is 0.769. The lowest BCUT2D eigenvalue weighted by Crippen LogP contribution is -2.16. The van der Waals surface area contributed by atoms with E-state index in [9.17, 15) is 0 Å². The molecule has 0 bridgehead atoms. The van der Waals surface area contributed by atoms with Gasteiger partial charge < -0.3 is 4.74 Å². The average molecular weight is 270 g/mol. The van der Waals surface area contributed by atoms with E-state index >= 15 is 0 Å². The molecule has 0 amide bonds. The second-order valence-electron chi connectivity index (χ2n) is 5.53. The molecule has 1 aromatic rings. The predicted molar refractivity (Wildman–Crippen MR) is 82.7 cm³/mol. The first-order chi connectivity index (χ1) is 9.92. The summed E-state index contributed by atoms with van der Waals surface area (Å²) in [6, 6.07) is 11.0. The first-order valence-corrected chi connectivity index (χ1v) is 7.70. The number of ether oxygens (including phenoxy) is 1. The second-order valence-corrected chi connectivity index (χ2v) is 5.53. The highest BCUT2D eigenvalue weighted by molar-refractivity contribution is 6.10. The van der Waals surface area contributed by atoms with Crippen LogP contribution >= 0.6 is 0 Å². The first-order valence-electron chi connectivity index (χ1n) is 7.70. The Morgan fingerprint density at radius 1 is 1.15 bits per heavy atom. The fraction of sp³-hybridized carbons (Fsp3) is 0.529.